The van der Waals surface area contributed by atoms with Crippen LogP contribution in [0.4, 0.5) is 5.69 Å². The zero-order chi connectivity index (χ0) is 12.3. The Balaban J connectivity index is 3.22. The molecular formula is C10H15BrN2O2S. The SMILES string of the molecule is CCN(CC)S(=O)(=O)c1ccc(Br)c(N)c1. The Labute approximate surface area is 105 Å². The molecule has 0 heterocycles. The van der Waals surface area contributed by atoms with Crippen LogP contribution in [0, 0.1) is 0 Å². The number of sulfonamides is 1. The Morgan fingerprint density at radius 3 is 2.31 bits per heavy atom. The molecule has 0 unspecified atom stereocenters. The number of benzene rings is 1. The maximum absolute atomic E-state index is 12.1. The summed E-state index contributed by atoms with van der Waals surface area (Å²) < 4.78 is 26.3. The number of rotatable bonds is 4. The van der Waals surface area contributed by atoms with Gasteiger partial charge in [0.2, 0.25) is 10.0 Å². The second kappa shape index (κ2) is 5.16. The van der Waals surface area contributed by atoms with E-state index in [0.717, 1.165) is 0 Å². The molecule has 1 aromatic carbocycles. The first-order valence-corrected chi connectivity index (χ1v) is 7.22. The van der Waals surface area contributed by atoms with Gasteiger partial charge in [0.05, 0.1) is 4.90 Å². The van der Waals surface area contributed by atoms with Crippen LogP contribution in [0.5, 0.6) is 0 Å². The quantitative estimate of drug-likeness (QED) is 0.866. The number of hydrogen-bond acceptors (Lipinski definition) is 3. The van der Waals surface area contributed by atoms with Crippen molar-refractivity contribution in [3.8, 4) is 0 Å². The average molecular weight is 307 g/mol. The monoisotopic (exact) mass is 306 g/mol. The molecule has 0 saturated heterocycles. The molecule has 0 bridgehead atoms. The van der Waals surface area contributed by atoms with Crippen LogP contribution in [0.2, 0.25) is 0 Å². The predicted octanol–water partition coefficient (Wildman–Crippen LogP) is 2.06. The van der Waals surface area contributed by atoms with E-state index in [-0.39, 0.29) is 4.90 Å². The van der Waals surface area contributed by atoms with E-state index in [0.29, 0.717) is 23.2 Å². The molecule has 0 aliphatic carbocycles. The van der Waals surface area contributed by atoms with Crippen molar-refractivity contribution in [1.82, 2.24) is 4.31 Å². The lowest BCUT2D eigenvalue weighted by molar-refractivity contribution is 0.445. The van der Waals surface area contributed by atoms with E-state index < -0.39 is 10.0 Å². The largest absolute Gasteiger partial charge is 0.398 e. The zero-order valence-electron chi connectivity index (χ0n) is 9.27. The Kier molecular flexibility index (Phi) is 4.35. The minimum Gasteiger partial charge on any atom is -0.398 e. The van der Waals surface area contributed by atoms with Gasteiger partial charge in [-0.3, -0.25) is 0 Å². The van der Waals surface area contributed by atoms with Crippen molar-refractivity contribution in [2.45, 2.75) is 18.7 Å². The number of anilines is 1. The van der Waals surface area contributed by atoms with Gasteiger partial charge in [-0.25, -0.2) is 8.42 Å². The van der Waals surface area contributed by atoms with Crippen molar-refractivity contribution in [3.05, 3.63) is 22.7 Å². The van der Waals surface area contributed by atoms with E-state index in [9.17, 15) is 8.42 Å². The number of halogens is 1. The molecule has 0 radical (unpaired) electrons. The molecule has 1 aromatic rings. The molecule has 90 valence electrons. The summed E-state index contributed by atoms with van der Waals surface area (Å²) >= 11 is 3.23. The summed E-state index contributed by atoms with van der Waals surface area (Å²) in [4.78, 5) is 0.233. The van der Waals surface area contributed by atoms with E-state index in [4.69, 9.17) is 5.73 Å². The molecule has 0 atom stereocenters. The highest BCUT2D eigenvalue weighted by atomic mass is 79.9. The summed E-state index contributed by atoms with van der Waals surface area (Å²) in [6, 6.07) is 4.66. The van der Waals surface area contributed by atoms with Gasteiger partial charge in [-0.2, -0.15) is 4.31 Å². The first kappa shape index (κ1) is 13.5. The van der Waals surface area contributed by atoms with Gasteiger partial charge in [0.15, 0.2) is 0 Å². The Hall–Kier alpha value is -0.590. The van der Waals surface area contributed by atoms with Gasteiger partial charge >= 0.3 is 0 Å². The Bertz CT molecular complexity index is 470. The van der Waals surface area contributed by atoms with Crippen molar-refractivity contribution >= 4 is 31.6 Å². The molecule has 0 fully saturated rings. The van der Waals surface area contributed by atoms with Crippen LogP contribution in [0.1, 0.15) is 13.8 Å². The third kappa shape index (κ3) is 2.56. The zero-order valence-corrected chi connectivity index (χ0v) is 11.7. The van der Waals surface area contributed by atoms with Crippen molar-refractivity contribution in [2.24, 2.45) is 0 Å². The minimum absolute atomic E-state index is 0.233. The highest BCUT2D eigenvalue weighted by Gasteiger charge is 2.21. The summed E-state index contributed by atoms with van der Waals surface area (Å²) in [5.41, 5.74) is 6.09. The van der Waals surface area contributed by atoms with Gasteiger partial charge < -0.3 is 5.73 Å². The molecule has 4 nitrogen and oxygen atoms in total. The lowest BCUT2D eigenvalue weighted by atomic mass is 10.3. The van der Waals surface area contributed by atoms with Gasteiger partial charge in [-0.05, 0) is 34.1 Å². The summed E-state index contributed by atoms with van der Waals surface area (Å²) in [6.45, 7) is 4.52. The number of nitrogens with zero attached hydrogens (tertiary/aromatic N) is 1. The highest BCUT2D eigenvalue weighted by Crippen LogP contribution is 2.24. The van der Waals surface area contributed by atoms with Crippen LogP contribution < -0.4 is 5.73 Å². The predicted molar refractivity (Wildman–Crippen MR) is 68.7 cm³/mol. The van der Waals surface area contributed by atoms with Crippen molar-refractivity contribution < 1.29 is 8.42 Å². The maximum Gasteiger partial charge on any atom is 0.243 e. The summed E-state index contributed by atoms with van der Waals surface area (Å²) in [5.74, 6) is 0. The number of nitrogens with two attached hydrogens (primary N) is 1. The molecule has 0 amide bonds. The van der Waals surface area contributed by atoms with Crippen LogP contribution in [-0.2, 0) is 10.0 Å². The first-order chi connectivity index (χ1) is 7.43. The summed E-state index contributed by atoms with van der Waals surface area (Å²) in [7, 11) is -3.41. The topological polar surface area (TPSA) is 63.4 Å². The first-order valence-electron chi connectivity index (χ1n) is 4.98. The molecule has 1 rings (SSSR count). The minimum atomic E-state index is -3.41. The van der Waals surface area contributed by atoms with Gasteiger partial charge in [-0.15, -0.1) is 0 Å². The van der Waals surface area contributed by atoms with Gasteiger partial charge in [0.1, 0.15) is 0 Å². The molecule has 0 saturated carbocycles. The third-order valence-corrected chi connectivity index (χ3v) is 5.08. The summed E-state index contributed by atoms with van der Waals surface area (Å²) in [5, 5.41) is 0. The maximum atomic E-state index is 12.1. The molecule has 0 aliphatic heterocycles. The fraction of sp³-hybridized carbons (Fsp3) is 0.400. The van der Waals surface area contributed by atoms with Crippen LogP contribution in [0.15, 0.2) is 27.6 Å². The summed E-state index contributed by atoms with van der Waals surface area (Å²) in [6.07, 6.45) is 0. The number of nitrogen functional groups attached to an aromatic ring is 1. The van der Waals surface area contributed by atoms with E-state index in [2.05, 4.69) is 15.9 Å². The van der Waals surface area contributed by atoms with Crippen LogP contribution >= 0.6 is 15.9 Å². The van der Waals surface area contributed by atoms with Crippen LogP contribution in [0.25, 0.3) is 0 Å². The molecular weight excluding hydrogens is 292 g/mol. The lowest BCUT2D eigenvalue weighted by Gasteiger charge is -2.18. The second-order valence-corrected chi connectivity index (χ2v) is 6.06. The van der Waals surface area contributed by atoms with Crippen molar-refractivity contribution in [1.29, 1.82) is 0 Å². The molecule has 16 heavy (non-hydrogen) atoms. The third-order valence-electron chi connectivity index (χ3n) is 2.31. The van der Waals surface area contributed by atoms with Gasteiger partial charge in [0.25, 0.3) is 0 Å². The van der Waals surface area contributed by atoms with Crippen LogP contribution in [-0.4, -0.2) is 25.8 Å². The second-order valence-electron chi connectivity index (χ2n) is 3.27. The normalized spacial score (nSPS) is 12.0. The molecule has 0 spiro atoms. The molecule has 0 aromatic heterocycles. The molecule has 6 heteroatoms. The highest BCUT2D eigenvalue weighted by molar-refractivity contribution is 9.10. The lowest BCUT2D eigenvalue weighted by Crippen LogP contribution is -2.30. The molecule has 0 aliphatic rings. The van der Waals surface area contributed by atoms with Crippen molar-refractivity contribution in [3.63, 3.8) is 0 Å². The number of hydrogen-bond donors (Lipinski definition) is 1. The fourth-order valence-corrected chi connectivity index (χ4v) is 3.14. The standard InChI is InChI=1S/C10H15BrN2O2S/c1-3-13(4-2)16(14,15)8-5-6-9(11)10(12)7-8/h5-7H,3-4,12H2,1-2H3. The van der Waals surface area contributed by atoms with Gasteiger partial charge in [-0.1, -0.05) is 13.8 Å². The van der Waals surface area contributed by atoms with E-state index >= 15 is 0 Å². The van der Waals surface area contributed by atoms with Crippen LogP contribution in [0.3, 0.4) is 0 Å². The fourth-order valence-electron chi connectivity index (χ4n) is 1.39. The Morgan fingerprint density at radius 2 is 1.88 bits per heavy atom. The van der Waals surface area contributed by atoms with E-state index in [1.807, 2.05) is 13.8 Å². The Morgan fingerprint density at radius 1 is 1.31 bits per heavy atom. The van der Waals surface area contributed by atoms with E-state index in [1.54, 1.807) is 12.1 Å². The smallest absolute Gasteiger partial charge is 0.243 e. The van der Waals surface area contributed by atoms with Crippen molar-refractivity contribution in [2.75, 3.05) is 18.8 Å². The average Bonchev–Trinajstić information content (AvgIpc) is 2.23. The van der Waals surface area contributed by atoms with Gasteiger partial charge in [0, 0.05) is 23.2 Å². The van der Waals surface area contributed by atoms with E-state index in [1.165, 1.54) is 10.4 Å². The molecule has 2 N–H and O–H groups in total.